The van der Waals surface area contributed by atoms with E-state index in [1.54, 1.807) is 4.52 Å². The summed E-state index contributed by atoms with van der Waals surface area (Å²) in [5, 5.41) is 15.3. The maximum atomic E-state index is 11.9. The number of nitrogens with zero attached hydrogens (tertiary/aromatic N) is 3. The molecule has 0 amide bonds. The minimum absolute atomic E-state index is 0.0154. The van der Waals surface area contributed by atoms with E-state index in [1.165, 1.54) is 23.3 Å². The van der Waals surface area contributed by atoms with Crippen LogP contribution < -0.4 is 4.90 Å². The topological polar surface area (TPSA) is 81.2 Å². The Hall–Kier alpha value is -2.45. The number of thiazole rings is 1. The number of methoxy groups -OCH3 is 1. The number of carbonyl (C=O) groups is 1. The number of hydrogen-bond donors (Lipinski definition) is 2. The van der Waals surface area contributed by atoms with E-state index in [0.29, 0.717) is 4.96 Å². The summed E-state index contributed by atoms with van der Waals surface area (Å²) in [6.07, 6.45) is 2.30. The highest BCUT2D eigenvalue weighted by Crippen LogP contribution is 2.35. The van der Waals surface area contributed by atoms with E-state index < -0.39 is 0 Å². The molecule has 1 fully saturated rings. The predicted octanol–water partition coefficient (Wildman–Crippen LogP) is 1.62. The van der Waals surface area contributed by atoms with Crippen LogP contribution in [0.1, 0.15) is 42.1 Å². The van der Waals surface area contributed by atoms with E-state index in [1.807, 2.05) is 25.1 Å². The lowest BCUT2D eigenvalue weighted by Gasteiger charge is -2.33. The molecule has 1 aliphatic rings. The van der Waals surface area contributed by atoms with Crippen molar-refractivity contribution in [3.63, 3.8) is 0 Å². The van der Waals surface area contributed by atoms with Crippen LogP contribution in [0.15, 0.2) is 30.3 Å². The smallest absolute Gasteiger partial charge is 0.309 e. The van der Waals surface area contributed by atoms with E-state index in [-0.39, 0.29) is 23.8 Å². The Morgan fingerprint density at radius 2 is 2.07 bits per heavy atom. The van der Waals surface area contributed by atoms with Crippen molar-refractivity contribution >= 4 is 22.3 Å². The predicted molar refractivity (Wildman–Crippen MR) is 106 cm³/mol. The number of ether oxygens (including phenoxy) is 1. The molecular weight excluding hydrogens is 376 g/mol. The summed E-state index contributed by atoms with van der Waals surface area (Å²) in [6, 6.07) is 10.2. The molecule has 0 radical (unpaired) electrons. The Morgan fingerprint density at radius 3 is 2.68 bits per heavy atom. The van der Waals surface area contributed by atoms with Gasteiger partial charge in [0.15, 0.2) is 11.9 Å². The molecule has 8 heteroatoms. The number of fused-ring (bicyclic) bond motifs is 1. The van der Waals surface area contributed by atoms with Crippen molar-refractivity contribution in [3.8, 4) is 5.88 Å². The van der Waals surface area contributed by atoms with Crippen LogP contribution in [0.4, 0.5) is 0 Å². The number of aromatic hydroxyl groups is 1. The Kier molecular flexibility index (Phi) is 5.32. The molecule has 3 aromatic rings. The largest absolute Gasteiger partial charge is 0.492 e. The summed E-state index contributed by atoms with van der Waals surface area (Å²) in [6.45, 7) is 3.68. The summed E-state index contributed by atoms with van der Waals surface area (Å²) in [5.74, 6) is 0.747. The van der Waals surface area contributed by atoms with E-state index in [4.69, 9.17) is 4.74 Å². The van der Waals surface area contributed by atoms with Crippen LogP contribution in [0.5, 0.6) is 5.88 Å². The van der Waals surface area contributed by atoms with Crippen LogP contribution in [0.2, 0.25) is 0 Å². The molecular formula is C20H25N4O3S+. The van der Waals surface area contributed by atoms with Gasteiger partial charge >= 0.3 is 5.97 Å². The van der Waals surface area contributed by atoms with Crippen molar-refractivity contribution in [1.29, 1.82) is 0 Å². The number of nitrogens with one attached hydrogen (secondary N) is 1. The maximum absolute atomic E-state index is 11.9. The van der Waals surface area contributed by atoms with Gasteiger partial charge in [-0.15, -0.1) is 5.10 Å². The Bertz CT molecular complexity index is 961. The average molecular weight is 402 g/mol. The molecule has 2 aromatic heterocycles. The minimum atomic E-state index is -0.121. The second-order valence-electron chi connectivity index (χ2n) is 7.17. The summed E-state index contributed by atoms with van der Waals surface area (Å²) >= 11 is 1.50. The summed E-state index contributed by atoms with van der Waals surface area (Å²) in [7, 11) is 1.45. The van der Waals surface area contributed by atoms with Gasteiger partial charge in [0.05, 0.1) is 26.1 Å². The van der Waals surface area contributed by atoms with E-state index in [0.717, 1.165) is 48.6 Å². The maximum Gasteiger partial charge on any atom is 0.309 e. The SMILES string of the molecule is CCc1nc2sc([C@@H](c3ccccc3)[NH+]3CCC(C(=O)OC)CC3)c(O)n2n1. The molecule has 0 unspecified atom stereocenters. The molecule has 1 saturated heterocycles. The molecule has 0 bridgehead atoms. The second kappa shape index (κ2) is 7.89. The number of aryl methyl sites for hydroxylation is 1. The molecule has 148 valence electrons. The molecule has 28 heavy (non-hydrogen) atoms. The van der Waals surface area contributed by atoms with Gasteiger partial charge in [-0.05, 0) is 0 Å². The van der Waals surface area contributed by atoms with Crippen molar-refractivity contribution in [1.82, 2.24) is 14.6 Å². The fraction of sp³-hybridized carbons (Fsp3) is 0.450. The highest BCUT2D eigenvalue weighted by atomic mass is 32.1. The molecule has 1 aromatic carbocycles. The summed E-state index contributed by atoms with van der Waals surface area (Å²) in [5.41, 5.74) is 1.14. The lowest BCUT2D eigenvalue weighted by atomic mass is 9.94. The van der Waals surface area contributed by atoms with Gasteiger partial charge in [0.2, 0.25) is 10.8 Å². The molecule has 2 N–H and O–H groups in total. The first kappa shape index (κ1) is 18.9. The molecule has 0 aliphatic carbocycles. The Morgan fingerprint density at radius 1 is 1.36 bits per heavy atom. The fourth-order valence-electron chi connectivity index (χ4n) is 4.03. The highest BCUT2D eigenvalue weighted by Gasteiger charge is 2.37. The van der Waals surface area contributed by atoms with Gasteiger partial charge in [0, 0.05) is 24.8 Å². The number of aromatic nitrogens is 3. The van der Waals surface area contributed by atoms with Crippen molar-refractivity contribution in [2.45, 2.75) is 32.2 Å². The lowest BCUT2D eigenvalue weighted by Crippen LogP contribution is -3.13. The first-order valence-corrected chi connectivity index (χ1v) is 10.5. The number of quaternary nitrogens is 1. The molecule has 7 nitrogen and oxygen atoms in total. The van der Waals surface area contributed by atoms with E-state index in [2.05, 4.69) is 22.2 Å². The van der Waals surface area contributed by atoms with Crippen LogP contribution in [-0.4, -0.2) is 45.9 Å². The quantitative estimate of drug-likeness (QED) is 0.635. The van der Waals surface area contributed by atoms with Crippen LogP contribution in [0.3, 0.4) is 0 Å². The highest BCUT2D eigenvalue weighted by molar-refractivity contribution is 7.17. The van der Waals surface area contributed by atoms with Crippen molar-refractivity contribution < 1.29 is 19.5 Å². The van der Waals surface area contributed by atoms with Gasteiger partial charge in [0.1, 0.15) is 4.88 Å². The third kappa shape index (κ3) is 3.38. The van der Waals surface area contributed by atoms with Crippen molar-refractivity contribution in [3.05, 3.63) is 46.6 Å². The van der Waals surface area contributed by atoms with Crippen molar-refractivity contribution in [2.24, 2.45) is 5.92 Å². The van der Waals surface area contributed by atoms with Gasteiger partial charge in [-0.25, -0.2) is 4.98 Å². The Labute approximate surface area is 167 Å². The van der Waals surface area contributed by atoms with Crippen LogP contribution in [0, 0.1) is 5.92 Å². The third-order valence-electron chi connectivity index (χ3n) is 5.53. The number of esters is 1. The second-order valence-corrected chi connectivity index (χ2v) is 8.17. The van der Waals surface area contributed by atoms with E-state index >= 15 is 0 Å². The number of benzene rings is 1. The number of likely N-dealkylation sites (tertiary alicyclic amines) is 1. The van der Waals surface area contributed by atoms with Gasteiger partial charge < -0.3 is 14.7 Å². The molecule has 1 atom stereocenters. The standard InChI is InChI=1S/C20H24N4O3S/c1-3-15-21-20-24(22-15)18(25)17(28-20)16(13-7-5-4-6-8-13)23-11-9-14(10-12-23)19(26)27-2/h4-8,14,16,25H,3,9-12H2,1-2H3/p+1/t16-/m1/s1. The van der Waals surface area contributed by atoms with Crippen molar-refractivity contribution in [2.75, 3.05) is 20.2 Å². The molecule has 4 rings (SSSR count). The van der Waals surface area contributed by atoms with Gasteiger partial charge in [-0.3, -0.25) is 4.79 Å². The number of carbonyl (C=O) groups excluding carboxylic acids is 1. The number of rotatable bonds is 5. The fourth-order valence-corrected chi connectivity index (χ4v) is 5.19. The molecule has 0 saturated carbocycles. The molecule has 0 spiro atoms. The number of piperidine rings is 1. The zero-order chi connectivity index (χ0) is 19.7. The van der Waals surface area contributed by atoms with E-state index in [9.17, 15) is 9.90 Å². The lowest BCUT2D eigenvalue weighted by molar-refractivity contribution is -0.930. The first-order chi connectivity index (χ1) is 13.6. The average Bonchev–Trinajstić information content (AvgIpc) is 3.28. The number of hydrogen-bond acceptors (Lipinski definition) is 6. The summed E-state index contributed by atoms with van der Waals surface area (Å²) in [4.78, 5) is 19.3. The Balaban J connectivity index is 1.69. The van der Waals surface area contributed by atoms with Crippen LogP contribution >= 0.6 is 11.3 Å². The molecule has 3 heterocycles. The monoisotopic (exact) mass is 401 g/mol. The third-order valence-corrected chi connectivity index (χ3v) is 6.61. The molecule has 1 aliphatic heterocycles. The van der Waals surface area contributed by atoms with Crippen LogP contribution in [-0.2, 0) is 16.0 Å². The van der Waals surface area contributed by atoms with Gasteiger partial charge in [-0.1, -0.05) is 48.6 Å². The zero-order valence-electron chi connectivity index (χ0n) is 16.1. The van der Waals surface area contributed by atoms with Crippen LogP contribution in [0.25, 0.3) is 4.96 Å². The minimum Gasteiger partial charge on any atom is -0.492 e. The van der Waals surface area contributed by atoms with Gasteiger partial charge in [-0.2, -0.15) is 4.52 Å². The zero-order valence-corrected chi connectivity index (χ0v) is 16.9. The normalized spacial score (nSPS) is 20.9. The van der Waals surface area contributed by atoms with Gasteiger partial charge in [0.25, 0.3) is 0 Å². The first-order valence-electron chi connectivity index (χ1n) is 9.67. The summed E-state index contributed by atoms with van der Waals surface area (Å²) < 4.78 is 6.47.